The fourth-order valence-electron chi connectivity index (χ4n) is 4.50. The average molecular weight is 428 g/mol. The van der Waals surface area contributed by atoms with Crippen LogP contribution in [0, 0.1) is 0 Å². The van der Waals surface area contributed by atoms with Crippen molar-refractivity contribution in [2.75, 3.05) is 13.1 Å². The van der Waals surface area contributed by atoms with Gasteiger partial charge in [0.1, 0.15) is 11.6 Å². The van der Waals surface area contributed by atoms with Crippen LogP contribution in [0.2, 0.25) is 0 Å². The molecule has 5 heterocycles. The molecule has 2 saturated heterocycles. The Kier molecular flexibility index (Phi) is 5.41. The first-order chi connectivity index (χ1) is 14.7. The van der Waals surface area contributed by atoms with Crippen LogP contribution < -0.4 is 5.32 Å². The molecule has 0 aromatic carbocycles. The number of rotatable bonds is 2. The summed E-state index contributed by atoms with van der Waals surface area (Å²) in [5.41, 5.74) is 0. The zero-order valence-electron chi connectivity index (χ0n) is 16.8. The Balaban J connectivity index is 1.24. The lowest BCUT2D eigenvalue weighted by atomic mass is 9.96. The molecule has 158 valence electrons. The fourth-order valence-corrected chi connectivity index (χ4v) is 5.22. The Morgan fingerprint density at radius 2 is 1.97 bits per heavy atom. The Morgan fingerprint density at radius 3 is 2.77 bits per heavy atom. The van der Waals surface area contributed by atoms with E-state index in [9.17, 15) is 9.59 Å². The molecule has 10 heteroatoms. The summed E-state index contributed by atoms with van der Waals surface area (Å²) in [6, 6.07) is -0.165. The molecule has 2 fully saturated rings. The van der Waals surface area contributed by atoms with E-state index < -0.39 is 0 Å². The zero-order valence-corrected chi connectivity index (χ0v) is 17.6. The van der Waals surface area contributed by atoms with Crippen molar-refractivity contribution in [1.29, 1.82) is 0 Å². The van der Waals surface area contributed by atoms with Gasteiger partial charge in [0.2, 0.25) is 5.96 Å². The molecular formula is C20H25N7O2S. The summed E-state index contributed by atoms with van der Waals surface area (Å²) >= 11 is 0.934. The Labute approximate surface area is 179 Å². The first kappa shape index (κ1) is 19.5. The number of carbonyl (C=O) groups is 2. The monoisotopic (exact) mass is 427 g/mol. The lowest BCUT2D eigenvalue weighted by Gasteiger charge is -2.33. The number of piperidine rings is 1. The number of nitrogens with zero attached hydrogens (tertiary/aromatic N) is 6. The number of hydrogen-bond donors (Lipinski definition) is 1. The minimum Gasteiger partial charge on any atom is -0.341 e. The van der Waals surface area contributed by atoms with E-state index >= 15 is 0 Å². The van der Waals surface area contributed by atoms with Crippen molar-refractivity contribution in [2.24, 2.45) is 9.98 Å². The minimum absolute atomic E-state index is 0.165. The minimum atomic E-state index is -0.336. The summed E-state index contributed by atoms with van der Waals surface area (Å²) in [5.74, 6) is 3.11. The van der Waals surface area contributed by atoms with Gasteiger partial charge in [-0.15, -0.1) is 10.2 Å². The van der Waals surface area contributed by atoms with Crippen molar-refractivity contribution in [2.45, 2.75) is 63.5 Å². The molecule has 4 aliphatic rings. The van der Waals surface area contributed by atoms with Gasteiger partial charge in [0.15, 0.2) is 0 Å². The summed E-state index contributed by atoms with van der Waals surface area (Å²) in [5, 5.41) is 11.0. The van der Waals surface area contributed by atoms with E-state index in [0.717, 1.165) is 68.3 Å². The number of carbonyl (C=O) groups excluding carboxylic acids is 2. The van der Waals surface area contributed by atoms with Gasteiger partial charge in [0.05, 0.1) is 10.9 Å². The predicted molar refractivity (Wildman–Crippen MR) is 115 cm³/mol. The molecule has 0 bridgehead atoms. The molecule has 1 N–H and O–H groups in total. The van der Waals surface area contributed by atoms with Crippen molar-refractivity contribution in [1.82, 2.24) is 25.0 Å². The normalized spacial score (nSPS) is 26.5. The number of nitrogens with one attached hydrogen (secondary N) is 1. The second-order valence-electron chi connectivity index (χ2n) is 8.12. The fraction of sp³-hybridized carbons (Fsp3) is 0.600. The lowest BCUT2D eigenvalue weighted by molar-refractivity contribution is -0.115. The molecule has 5 rings (SSSR count). The van der Waals surface area contributed by atoms with E-state index in [1.807, 2.05) is 6.21 Å². The molecule has 0 spiro atoms. The molecule has 4 aliphatic heterocycles. The van der Waals surface area contributed by atoms with Crippen LogP contribution >= 0.6 is 11.8 Å². The number of aliphatic imine (C=N–C) groups is 2. The van der Waals surface area contributed by atoms with Gasteiger partial charge in [-0.05, 0) is 43.5 Å². The van der Waals surface area contributed by atoms with Gasteiger partial charge in [-0.1, -0.05) is 6.42 Å². The van der Waals surface area contributed by atoms with E-state index in [4.69, 9.17) is 4.99 Å². The number of hydrogen-bond acceptors (Lipinski definition) is 8. The highest BCUT2D eigenvalue weighted by Gasteiger charge is 2.30. The van der Waals surface area contributed by atoms with E-state index in [1.165, 1.54) is 19.3 Å². The Hall–Kier alpha value is -2.49. The molecule has 0 aliphatic carbocycles. The lowest BCUT2D eigenvalue weighted by Crippen LogP contribution is -2.39. The number of imide groups is 1. The number of guanidine groups is 1. The largest absolute Gasteiger partial charge is 0.341 e. The van der Waals surface area contributed by atoms with E-state index in [2.05, 4.69) is 30.0 Å². The summed E-state index contributed by atoms with van der Waals surface area (Å²) in [6.45, 7) is 2.79. The number of fused-ring (bicyclic) bond motifs is 1. The Morgan fingerprint density at radius 1 is 1.10 bits per heavy atom. The van der Waals surface area contributed by atoms with Crippen LogP contribution in [0.4, 0.5) is 4.79 Å². The quantitative estimate of drug-likeness (QED) is 0.726. The summed E-state index contributed by atoms with van der Waals surface area (Å²) < 4.78 is 2.36. The van der Waals surface area contributed by atoms with Crippen molar-refractivity contribution in [3.05, 3.63) is 22.6 Å². The highest BCUT2D eigenvalue weighted by atomic mass is 32.2. The third-order valence-corrected chi connectivity index (χ3v) is 6.93. The number of likely N-dealkylation sites (tertiary alicyclic amines) is 1. The van der Waals surface area contributed by atoms with Crippen LogP contribution in [0.25, 0.3) is 0 Å². The van der Waals surface area contributed by atoms with Crippen LogP contribution in [0.5, 0.6) is 0 Å². The van der Waals surface area contributed by atoms with Crippen molar-refractivity contribution < 1.29 is 9.59 Å². The SMILES string of the molecule is O=C1NC(=O)C(=CC2CC=NC(N3CCC(c4nnc5n4CCCCC5)CC3)=N2)S1. The topological polar surface area (TPSA) is 105 Å². The van der Waals surface area contributed by atoms with Crippen LogP contribution in [0.15, 0.2) is 21.0 Å². The van der Waals surface area contributed by atoms with Crippen LogP contribution in [-0.4, -0.2) is 62.1 Å². The molecule has 0 radical (unpaired) electrons. The van der Waals surface area contributed by atoms with Gasteiger partial charge in [0.25, 0.3) is 11.1 Å². The maximum Gasteiger partial charge on any atom is 0.290 e. The maximum atomic E-state index is 11.8. The summed E-state index contributed by atoms with van der Waals surface area (Å²) in [4.78, 5) is 35.0. The average Bonchev–Trinajstić information content (AvgIpc) is 3.21. The highest BCUT2D eigenvalue weighted by Crippen LogP contribution is 2.30. The van der Waals surface area contributed by atoms with Crippen LogP contribution in [-0.2, 0) is 17.8 Å². The van der Waals surface area contributed by atoms with E-state index in [1.54, 1.807) is 6.08 Å². The second-order valence-corrected chi connectivity index (χ2v) is 9.13. The van der Waals surface area contributed by atoms with E-state index in [0.29, 0.717) is 17.2 Å². The van der Waals surface area contributed by atoms with Gasteiger partial charge in [-0.25, -0.2) is 9.98 Å². The first-order valence-electron chi connectivity index (χ1n) is 10.7. The standard InChI is InChI=1S/C20H25N7O2S/c28-18-15(30-20(29)23-18)12-14-5-8-21-19(22-14)26-10-6-13(7-11-26)17-25-24-16-4-2-1-3-9-27(16)17/h8,12-14H,1-7,9-11H2,(H,23,28,29). The van der Waals surface area contributed by atoms with Crippen LogP contribution in [0.1, 0.15) is 56.1 Å². The number of amides is 2. The third kappa shape index (κ3) is 3.92. The molecule has 1 unspecified atom stereocenters. The molecule has 9 nitrogen and oxygen atoms in total. The smallest absolute Gasteiger partial charge is 0.290 e. The molecule has 2 amide bonds. The molecule has 1 aromatic heterocycles. The molecular weight excluding hydrogens is 402 g/mol. The second kappa shape index (κ2) is 8.33. The van der Waals surface area contributed by atoms with E-state index in [-0.39, 0.29) is 17.2 Å². The summed E-state index contributed by atoms with van der Waals surface area (Å²) in [7, 11) is 0. The molecule has 30 heavy (non-hydrogen) atoms. The first-order valence-corrected chi connectivity index (χ1v) is 11.5. The van der Waals surface area contributed by atoms with Crippen molar-refractivity contribution in [3.8, 4) is 0 Å². The molecule has 1 aromatic rings. The summed E-state index contributed by atoms with van der Waals surface area (Å²) in [6.07, 6.45) is 11.0. The van der Waals surface area contributed by atoms with Gasteiger partial charge >= 0.3 is 0 Å². The van der Waals surface area contributed by atoms with Crippen LogP contribution in [0.3, 0.4) is 0 Å². The predicted octanol–water partition coefficient (Wildman–Crippen LogP) is 2.25. The van der Waals surface area contributed by atoms with Crippen molar-refractivity contribution in [3.63, 3.8) is 0 Å². The Bertz CT molecular complexity index is 943. The third-order valence-electron chi connectivity index (χ3n) is 6.10. The zero-order chi connectivity index (χ0) is 20.5. The maximum absolute atomic E-state index is 11.8. The molecule has 1 atom stereocenters. The highest BCUT2D eigenvalue weighted by molar-refractivity contribution is 8.18. The number of thioether (sulfide) groups is 1. The van der Waals surface area contributed by atoms with Gasteiger partial charge < -0.3 is 9.47 Å². The van der Waals surface area contributed by atoms with Gasteiger partial charge in [-0.3, -0.25) is 14.9 Å². The number of aryl methyl sites for hydroxylation is 1. The van der Waals surface area contributed by atoms with Gasteiger partial charge in [0, 0.05) is 44.6 Å². The number of aromatic nitrogens is 3. The molecule has 0 saturated carbocycles. The van der Waals surface area contributed by atoms with Gasteiger partial charge in [-0.2, -0.15) is 0 Å². The van der Waals surface area contributed by atoms with Crippen molar-refractivity contribution >= 4 is 35.1 Å².